The van der Waals surface area contributed by atoms with Gasteiger partial charge in [-0.2, -0.15) is 13.2 Å². The van der Waals surface area contributed by atoms with Gasteiger partial charge in [0.25, 0.3) is 5.91 Å². The third kappa shape index (κ3) is 6.81. The summed E-state index contributed by atoms with van der Waals surface area (Å²) >= 11 is 0. The number of nitrogens with zero attached hydrogens (tertiary/aromatic N) is 3. The molecule has 1 saturated carbocycles. The first-order valence-electron chi connectivity index (χ1n) is 14.8. The Morgan fingerprint density at radius 1 is 1.13 bits per heavy atom. The van der Waals surface area contributed by atoms with Crippen LogP contribution in [0.25, 0.3) is 0 Å². The molecule has 0 bridgehead atoms. The van der Waals surface area contributed by atoms with Crippen molar-refractivity contribution in [3.8, 4) is 5.75 Å². The summed E-state index contributed by atoms with van der Waals surface area (Å²) in [4.78, 5) is 32.8. The van der Waals surface area contributed by atoms with Crippen LogP contribution in [0.15, 0.2) is 24.4 Å². The highest BCUT2D eigenvalue weighted by molar-refractivity contribution is 6.03. The van der Waals surface area contributed by atoms with Crippen LogP contribution in [0.4, 0.5) is 47.0 Å². The van der Waals surface area contributed by atoms with Crippen molar-refractivity contribution in [1.82, 2.24) is 15.6 Å². The van der Waals surface area contributed by atoms with E-state index < -0.39 is 89.2 Å². The van der Waals surface area contributed by atoms with Crippen LogP contribution in [0.1, 0.15) is 56.1 Å². The quantitative estimate of drug-likeness (QED) is 0.362. The second kappa shape index (κ2) is 12.8. The monoisotopic (exact) mass is 661 g/mol. The molecule has 1 aliphatic carbocycles. The molecule has 5 rings (SSSR count). The summed E-state index contributed by atoms with van der Waals surface area (Å²) < 4.78 is 106. The zero-order valence-corrected chi connectivity index (χ0v) is 25.0. The molecular weight excluding hydrogens is 627 g/mol. The summed E-state index contributed by atoms with van der Waals surface area (Å²) in [5.41, 5.74) is -3.53. The molecule has 3 fully saturated rings. The first kappa shape index (κ1) is 33.5. The fourth-order valence-electron chi connectivity index (χ4n) is 6.59. The normalized spacial score (nSPS) is 27.0. The number of anilines is 2. The average molecular weight is 662 g/mol. The number of alkyl halides is 5. The van der Waals surface area contributed by atoms with Crippen molar-refractivity contribution in [2.24, 2.45) is 5.92 Å². The summed E-state index contributed by atoms with van der Waals surface area (Å²) in [5, 5.41) is 15.4. The van der Waals surface area contributed by atoms with Crippen molar-refractivity contribution in [3.63, 3.8) is 0 Å². The standard InChI is InChI=1S/C30H34F7N5O4/c1-29(45)8-10-41(14-29)21-7-9-38-26(23(21)30(35,36)37)42-13-18(22-19(31)11-17(46-2)12-20(22)32)24(27(42)43)40-28(44)39-16-5-3-15(4-6-16)25(33)34/h7,9,11-12,15-16,18,24-25,45H,3-6,8,10,13-14H2,1-2H3,(H2,39,40,44)/t15-,16-,18-,24-,29?/m0/s1. The van der Waals surface area contributed by atoms with Gasteiger partial charge in [-0.3, -0.25) is 9.69 Å². The van der Waals surface area contributed by atoms with Gasteiger partial charge in [-0.25, -0.2) is 27.3 Å². The Bertz CT molecular complexity index is 1440. The molecule has 46 heavy (non-hydrogen) atoms. The van der Waals surface area contributed by atoms with Gasteiger partial charge >= 0.3 is 12.2 Å². The summed E-state index contributed by atoms with van der Waals surface area (Å²) in [7, 11) is 1.18. The second-order valence-corrected chi connectivity index (χ2v) is 12.3. The van der Waals surface area contributed by atoms with E-state index in [2.05, 4.69) is 15.6 Å². The lowest BCUT2D eigenvalue weighted by Crippen LogP contribution is -2.51. The minimum atomic E-state index is -5.04. The molecule has 9 nitrogen and oxygen atoms in total. The van der Waals surface area contributed by atoms with Crippen molar-refractivity contribution in [2.75, 3.05) is 36.5 Å². The Hall–Kier alpha value is -3.82. The Morgan fingerprint density at radius 2 is 1.78 bits per heavy atom. The zero-order chi connectivity index (χ0) is 33.6. The molecule has 16 heteroatoms. The minimum Gasteiger partial charge on any atom is -0.497 e. The van der Waals surface area contributed by atoms with Crippen molar-refractivity contribution >= 4 is 23.4 Å². The molecule has 3 N–H and O–H groups in total. The third-order valence-electron chi connectivity index (χ3n) is 8.96. The molecule has 252 valence electrons. The average Bonchev–Trinajstić information content (AvgIpc) is 3.50. The van der Waals surface area contributed by atoms with Gasteiger partial charge in [-0.05, 0) is 45.1 Å². The number of hydrogen-bond donors (Lipinski definition) is 3. The highest BCUT2D eigenvalue weighted by atomic mass is 19.4. The SMILES string of the molecule is COc1cc(F)c([C@@H]2CN(c3nccc(N4CCC(C)(O)C4)c3C(F)(F)F)C(=O)[C@H]2NC(=O)N[C@H]2CC[C@H](C(F)F)CC2)c(F)c1. The van der Waals surface area contributed by atoms with Gasteiger partial charge in [0.05, 0.1) is 18.4 Å². The van der Waals surface area contributed by atoms with Crippen molar-refractivity contribution in [1.29, 1.82) is 0 Å². The number of methoxy groups -OCH3 is 1. The van der Waals surface area contributed by atoms with Crippen LogP contribution in [0, 0.1) is 17.6 Å². The lowest BCUT2D eigenvalue weighted by atomic mass is 9.86. The number of ether oxygens (including phenoxy) is 1. The van der Waals surface area contributed by atoms with E-state index in [1.807, 2.05) is 0 Å². The van der Waals surface area contributed by atoms with E-state index in [9.17, 15) is 36.6 Å². The Kier molecular flexibility index (Phi) is 9.30. The van der Waals surface area contributed by atoms with Crippen molar-refractivity contribution in [3.05, 3.63) is 47.2 Å². The van der Waals surface area contributed by atoms with Crippen molar-refractivity contribution < 1.29 is 50.2 Å². The number of carbonyl (C=O) groups is 2. The van der Waals surface area contributed by atoms with E-state index in [-0.39, 0.29) is 56.6 Å². The Balaban J connectivity index is 1.49. The van der Waals surface area contributed by atoms with Crippen molar-refractivity contribution in [2.45, 2.75) is 75.2 Å². The molecule has 3 aliphatic rings. The van der Waals surface area contributed by atoms with E-state index in [1.54, 1.807) is 0 Å². The van der Waals surface area contributed by atoms with Crippen LogP contribution in [-0.2, 0) is 11.0 Å². The van der Waals surface area contributed by atoms with Crippen LogP contribution >= 0.6 is 0 Å². The molecule has 3 amide bonds. The molecule has 2 saturated heterocycles. The largest absolute Gasteiger partial charge is 0.497 e. The number of carbonyl (C=O) groups excluding carboxylic acids is 2. The van der Waals surface area contributed by atoms with E-state index >= 15 is 8.78 Å². The molecule has 1 aromatic heterocycles. The van der Waals surface area contributed by atoms with Gasteiger partial charge in [0.15, 0.2) is 0 Å². The van der Waals surface area contributed by atoms with Crippen LogP contribution in [0.3, 0.4) is 0 Å². The summed E-state index contributed by atoms with van der Waals surface area (Å²) in [6, 6.07) is -0.387. The number of pyridine rings is 1. The Morgan fingerprint density at radius 3 is 2.33 bits per heavy atom. The smallest absolute Gasteiger partial charge is 0.421 e. The fourth-order valence-corrected chi connectivity index (χ4v) is 6.59. The van der Waals surface area contributed by atoms with E-state index in [4.69, 9.17) is 4.74 Å². The minimum absolute atomic E-state index is 0.0853. The number of amides is 3. The maximum absolute atomic E-state index is 15.3. The number of halogens is 7. The zero-order valence-electron chi connectivity index (χ0n) is 25.0. The molecule has 1 aromatic carbocycles. The summed E-state index contributed by atoms with van der Waals surface area (Å²) in [5.74, 6) is -6.71. The molecule has 2 aromatic rings. The van der Waals surface area contributed by atoms with Gasteiger partial charge in [0.1, 0.15) is 34.8 Å². The molecule has 0 spiro atoms. The van der Waals surface area contributed by atoms with Gasteiger partial charge in [0.2, 0.25) is 6.43 Å². The van der Waals surface area contributed by atoms with E-state index in [0.29, 0.717) is 4.90 Å². The topological polar surface area (TPSA) is 107 Å². The van der Waals surface area contributed by atoms with Gasteiger partial charge in [0, 0.05) is 61.4 Å². The predicted molar refractivity (Wildman–Crippen MR) is 152 cm³/mol. The molecule has 2 aliphatic heterocycles. The first-order valence-corrected chi connectivity index (χ1v) is 14.8. The number of urea groups is 1. The van der Waals surface area contributed by atoms with Crippen LogP contribution in [0.2, 0.25) is 0 Å². The highest BCUT2D eigenvalue weighted by Gasteiger charge is 2.50. The van der Waals surface area contributed by atoms with Gasteiger partial charge in [-0.1, -0.05) is 0 Å². The lowest BCUT2D eigenvalue weighted by Gasteiger charge is -2.29. The maximum Gasteiger partial charge on any atom is 0.421 e. The predicted octanol–water partition coefficient (Wildman–Crippen LogP) is 4.97. The van der Waals surface area contributed by atoms with E-state index in [0.717, 1.165) is 24.4 Å². The van der Waals surface area contributed by atoms with Gasteiger partial charge in [-0.15, -0.1) is 0 Å². The van der Waals surface area contributed by atoms with Crippen LogP contribution in [-0.4, -0.2) is 72.9 Å². The van der Waals surface area contributed by atoms with Gasteiger partial charge < -0.3 is 25.4 Å². The Labute approximate surface area is 260 Å². The number of hydrogen-bond acceptors (Lipinski definition) is 6. The highest BCUT2D eigenvalue weighted by Crippen LogP contribution is 2.46. The summed E-state index contributed by atoms with van der Waals surface area (Å²) in [6.07, 6.45) is -5.53. The molecule has 0 radical (unpaired) electrons. The first-order chi connectivity index (χ1) is 21.6. The number of nitrogens with one attached hydrogen (secondary N) is 2. The molecule has 3 heterocycles. The second-order valence-electron chi connectivity index (χ2n) is 12.3. The summed E-state index contributed by atoms with van der Waals surface area (Å²) in [6.45, 7) is 0.769. The molecule has 1 unspecified atom stereocenters. The lowest BCUT2D eigenvalue weighted by molar-refractivity contribution is -0.136. The maximum atomic E-state index is 15.3. The number of rotatable bonds is 7. The number of aromatic nitrogens is 1. The third-order valence-corrected chi connectivity index (χ3v) is 8.96. The van der Waals surface area contributed by atoms with E-state index in [1.165, 1.54) is 18.9 Å². The number of aliphatic hydroxyl groups is 1. The van der Waals surface area contributed by atoms with Crippen LogP contribution in [0.5, 0.6) is 5.75 Å². The number of β-amino-alcohol motifs (C(OH)–C–C–N with tert-alkyl or cyclic N) is 1. The molecular formula is C30H34F7N5O4. The number of benzene rings is 1. The molecule has 3 atom stereocenters. The van der Waals surface area contributed by atoms with Crippen LogP contribution < -0.4 is 25.2 Å². The fraction of sp³-hybridized carbons (Fsp3) is 0.567.